The Morgan fingerprint density at radius 3 is 2.51 bits per heavy atom. The van der Waals surface area contributed by atoms with E-state index in [0.29, 0.717) is 55.2 Å². The van der Waals surface area contributed by atoms with Crippen molar-refractivity contribution in [3.05, 3.63) is 11.6 Å². The van der Waals surface area contributed by atoms with Crippen LogP contribution in [0.1, 0.15) is 92.4 Å². The van der Waals surface area contributed by atoms with Crippen LogP contribution >= 0.6 is 0 Å². The molecule has 0 unspecified atom stereocenters. The predicted molar refractivity (Wildman–Crippen MR) is 137 cm³/mol. The second kappa shape index (κ2) is 10.7. The van der Waals surface area contributed by atoms with Crippen LogP contribution in [-0.4, -0.2) is 38.4 Å². The molecule has 0 heterocycles. The molecule has 0 bridgehead atoms. The second-order valence-electron chi connectivity index (χ2n) is 12.4. The molecule has 4 fully saturated rings. The molecule has 9 atom stereocenters. The van der Waals surface area contributed by atoms with Gasteiger partial charge in [0.2, 0.25) is 0 Å². The minimum absolute atomic E-state index is 0.0769. The van der Waals surface area contributed by atoms with Crippen molar-refractivity contribution in [3.8, 4) is 0 Å². The summed E-state index contributed by atoms with van der Waals surface area (Å²) in [7, 11) is 1.67. The quantitative estimate of drug-likeness (QED) is 0.226. The Balaban J connectivity index is 1.54. The zero-order valence-electron chi connectivity index (χ0n) is 22.9. The summed E-state index contributed by atoms with van der Waals surface area (Å²) in [5.41, 5.74) is 1.43. The number of carbonyl (C=O) groups excluding carboxylic acids is 2. The van der Waals surface area contributed by atoms with Crippen LogP contribution in [0.5, 0.6) is 0 Å². The Labute approximate surface area is 212 Å². The van der Waals surface area contributed by atoms with Crippen LogP contribution in [-0.2, 0) is 23.8 Å². The lowest BCUT2D eigenvalue weighted by atomic mass is 9.43. The van der Waals surface area contributed by atoms with E-state index in [1.807, 2.05) is 6.92 Å². The fourth-order valence-corrected chi connectivity index (χ4v) is 9.25. The fraction of sp³-hybridized carbons (Fsp3) is 0.867. The third-order valence-electron chi connectivity index (χ3n) is 11.0. The third kappa shape index (κ3) is 4.65. The summed E-state index contributed by atoms with van der Waals surface area (Å²) in [5, 5.41) is 0. The van der Waals surface area contributed by atoms with E-state index >= 15 is 0 Å². The first-order valence-corrected chi connectivity index (χ1v) is 14.2. The first-order valence-electron chi connectivity index (χ1n) is 14.2. The van der Waals surface area contributed by atoms with Crippen molar-refractivity contribution in [1.82, 2.24) is 0 Å². The lowest BCUT2D eigenvalue weighted by molar-refractivity contribution is -0.157. The van der Waals surface area contributed by atoms with Gasteiger partial charge in [0.15, 0.2) is 5.78 Å². The SMILES string of the molecule is C/C=C1\C(=O)[C@@H]2[C@H](CC[C@]3(C)[C@@H]([C@H](C)CCC(=O)OCC)CC[C@@H]23)[C@@]2(C)CC[C@@H](OCOC)C[C@@H]12. The molecular weight excluding hydrogens is 440 g/mol. The van der Waals surface area contributed by atoms with Gasteiger partial charge in [-0.15, -0.1) is 0 Å². The van der Waals surface area contributed by atoms with Crippen molar-refractivity contribution in [3.63, 3.8) is 0 Å². The van der Waals surface area contributed by atoms with E-state index in [9.17, 15) is 9.59 Å². The maximum Gasteiger partial charge on any atom is 0.305 e. The number of ketones is 1. The number of carbonyl (C=O) groups is 2. The van der Waals surface area contributed by atoms with Crippen LogP contribution in [0, 0.1) is 46.3 Å². The Kier molecular flexibility index (Phi) is 8.17. The molecular formula is C30H48O5. The van der Waals surface area contributed by atoms with E-state index in [-0.39, 0.29) is 28.8 Å². The number of allylic oxidation sites excluding steroid dienone is 2. The van der Waals surface area contributed by atoms with Gasteiger partial charge in [-0.05, 0) is 111 Å². The van der Waals surface area contributed by atoms with Crippen molar-refractivity contribution in [2.24, 2.45) is 46.3 Å². The topological polar surface area (TPSA) is 61.8 Å². The molecule has 35 heavy (non-hydrogen) atoms. The van der Waals surface area contributed by atoms with Crippen molar-refractivity contribution in [2.75, 3.05) is 20.5 Å². The predicted octanol–water partition coefficient (Wildman–Crippen LogP) is 6.35. The highest BCUT2D eigenvalue weighted by molar-refractivity contribution is 5.99. The van der Waals surface area contributed by atoms with E-state index in [0.717, 1.165) is 44.1 Å². The van der Waals surface area contributed by atoms with Gasteiger partial charge in [0.05, 0.1) is 12.7 Å². The Morgan fingerprint density at radius 1 is 1.11 bits per heavy atom. The first kappa shape index (κ1) is 26.9. The van der Waals surface area contributed by atoms with Gasteiger partial charge in [-0.1, -0.05) is 26.8 Å². The largest absolute Gasteiger partial charge is 0.466 e. The zero-order chi connectivity index (χ0) is 25.4. The molecule has 0 saturated heterocycles. The summed E-state index contributed by atoms with van der Waals surface area (Å²) >= 11 is 0. The Morgan fingerprint density at radius 2 is 1.83 bits per heavy atom. The minimum atomic E-state index is -0.0769. The molecule has 4 saturated carbocycles. The number of fused-ring (bicyclic) bond motifs is 5. The van der Waals surface area contributed by atoms with Gasteiger partial charge in [-0.25, -0.2) is 0 Å². The van der Waals surface area contributed by atoms with Crippen molar-refractivity contribution < 1.29 is 23.8 Å². The molecule has 0 aromatic rings. The van der Waals surface area contributed by atoms with Crippen molar-refractivity contribution in [1.29, 1.82) is 0 Å². The maximum absolute atomic E-state index is 14.2. The molecule has 0 aromatic carbocycles. The molecule has 0 amide bonds. The van der Waals surface area contributed by atoms with E-state index in [4.69, 9.17) is 14.2 Å². The molecule has 5 nitrogen and oxygen atoms in total. The molecule has 4 aliphatic rings. The molecule has 198 valence electrons. The fourth-order valence-electron chi connectivity index (χ4n) is 9.25. The molecule has 0 aliphatic heterocycles. The van der Waals surface area contributed by atoms with Crippen LogP contribution in [0.3, 0.4) is 0 Å². The second-order valence-corrected chi connectivity index (χ2v) is 12.4. The zero-order valence-corrected chi connectivity index (χ0v) is 22.9. The van der Waals surface area contributed by atoms with Gasteiger partial charge in [0.25, 0.3) is 0 Å². The summed E-state index contributed by atoms with van der Waals surface area (Å²) in [4.78, 5) is 26.1. The molecule has 4 rings (SSSR count). The highest BCUT2D eigenvalue weighted by Gasteiger charge is 2.64. The van der Waals surface area contributed by atoms with Crippen molar-refractivity contribution in [2.45, 2.75) is 98.5 Å². The van der Waals surface area contributed by atoms with Gasteiger partial charge < -0.3 is 14.2 Å². The van der Waals surface area contributed by atoms with E-state index in [1.54, 1.807) is 7.11 Å². The molecule has 0 spiro atoms. The molecule has 0 aromatic heterocycles. The Hall–Kier alpha value is -1.20. The molecule has 5 heteroatoms. The monoisotopic (exact) mass is 488 g/mol. The number of esters is 1. The van der Waals surface area contributed by atoms with Gasteiger partial charge in [-0.2, -0.15) is 0 Å². The van der Waals surface area contributed by atoms with E-state index < -0.39 is 0 Å². The standard InChI is InChI=1S/C30H48O5/c1-7-21-25-17-20(35-18-33-6)13-15-30(25,5)24-14-16-29(4)22(10-11-23(29)27(24)28(21)32)19(3)9-12-26(31)34-8-2/h7,19-20,22-25,27H,8-18H2,1-6H3/b21-7-/t19-,20-,22-,23+,24+,25+,27+,29-,30-/m1/s1. The van der Waals surface area contributed by atoms with E-state index in [1.165, 1.54) is 12.8 Å². The van der Waals surface area contributed by atoms with Crippen molar-refractivity contribution >= 4 is 11.8 Å². The normalized spacial score (nSPS) is 42.8. The summed E-state index contributed by atoms with van der Waals surface area (Å²) in [6, 6.07) is 0. The average molecular weight is 489 g/mol. The van der Waals surface area contributed by atoms with E-state index in [2.05, 4.69) is 33.8 Å². The van der Waals surface area contributed by atoms with Crippen LogP contribution in [0.15, 0.2) is 11.6 Å². The smallest absolute Gasteiger partial charge is 0.305 e. The number of hydrogen-bond donors (Lipinski definition) is 0. The summed E-state index contributed by atoms with van der Waals surface area (Å²) in [6.07, 6.45) is 11.5. The third-order valence-corrected chi connectivity index (χ3v) is 11.0. The molecule has 0 radical (unpaired) electrons. The summed E-state index contributed by atoms with van der Waals surface area (Å²) in [6.45, 7) is 12.0. The van der Waals surface area contributed by atoms with Crippen LogP contribution < -0.4 is 0 Å². The van der Waals surface area contributed by atoms with Gasteiger partial charge in [0.1, 0.15) is 6.79 Å². The van der Waals surface area contributed by atoms with Gasteiger partial charge in [-0.3, -0.25) is 9.59 Å². The molecule has 0 N–H and O–H groups in total. The number of hydrogen-bond acceptors (Lipinski definition) is 5. The highest BCUT2D eigenvalue weighted by atomic mass is 16.7. The highest BCUT2D eigenvalue weighted by Crippen LogP contribution is 2.68. The van der Waals surface area contributed by atoms with Gasteiger partial charge in [0, 0.05) is 19.4 Å². The van der Waals surface area contributed by atoms with Gasteiger partial charge >= 0.3 is 5.97 Å². The van der Waals surface area contributed by atoms with Crippen LogP contribution in [0.4, 0.5) is 0 Å². The summed E-state index contributed by atoms with van der Waals surface area (Å²) in [5.74, 6) is 2.78. The number of rotatable bonds is 8. The lowest BCUT2D eigenvalue weighted by Crippen LogP contribution is -2.58. The first-order chi connectivity index (χ1) is 16.7. The summed E-state index contributed by atoms with van der Waals surface area (Å²) < 4.78 is 16.3. The number of ether oxygens (including phenoxy) is 3. The minimum Gasteiger partial charge on any atom is -0.466 e. The Bertz CT molecular complexity index is 820. The average Bonchev–Trinajstić information content (AvgIpc) is 3.19. The maximum atomic E-state index is 14.2. The molecule has 4 aliphatic carbocycles. The van der Waals surface area contributed by atoms with Crippen LogP contribution in [0.25, 0.3) is 0 Å². The lowest BCUT2D eigenvalue weighted by Gasteiger charge is -2.61. The number of methoxy groups -OCH3 is 1. The van der Waals surface area contributed by atoms with Crippen LogP contribution in [0.2, 0.25) is 0 Å². The number of Topliss-reactive ketones (excluding diaryl/α,β-unsaturated/α-hetero) is 1.